The highest BCUT2D eigenvalue weighted by Crippen LogP contribution is 2.22. The smallest absolute Gasteiger partial charge is 0.258 e. The number of carbonyl (C=O) groups excluding carboxylic acids is 2. The van der Waals surface area contributed by atoms with E-state index in [0.29, 0.717) is 30.2 Å². The van der Waals surface area contributed by atoms with Crippen molar-refractivity contribution in [2.75, 3.05) is 32.6 Å². The standard InChI is InChI=1S/C15H23N3O4/c1-10(2)18-15(20)11-4-5-12(16)13(8-11)22-9-14(19)17-6-7-21-3/h4-5,8,10H,6-7,9,16H2,1-3H3,(H,17,19)(H,18,20). The van der Waals surface area contributed by atoms with Crippen LogP contribution in [0.3, 0.4) is 0 Å². The number of nitrogen functional groups attached to an aromatic ring is 1. The number of ether oxygens (including phenoxy) is 2. The van der Waals surface area contributed by atoms with Crippen LogP contribution in [0, 0.1) is 0 Å². The van der Waals surface area contributed by atoms with E-state index in [1.165, 1.54) is 6.07 Å². The van der Waals surface area contributed by atoms with Crippen LogP contribution in [0.5, 0.6) is 5.75 Å². The summed E-state index contributed by atoms with van der Waals surface area (Å²) in [6.07, 6.45) is 0. The number of benzene rings is 1. The third-order valence-electron chi connectivity index (χ3n) is 2.68. The molecule has 122 valence electrons. The fourth-order valence-corrected chi connectivity index (χ4v) is 1.63. The summed E-state index contributed by atoms with van der Waals surface area (Å²) >= 11 is 0. The van der Waals surface area contributed by atoms with E-state index in [-0.39, 0.29) is 24.5 Å². The maximum absolute atomic E-state index is 11.9. The molecule has 0 radical (unpaired) electrons. The normalized spacial score (nSPS) is 10.4. The highest BCUT2D eigenvalue weighted by atomic mass is 16.5. The highest BCUT2D eigenvalue weighted by Gasteiger charge is 2.11. The number of anilines is 1. The Morgan fingerprint density at radius 2 is 2.05 bits per heavy atom. The van der Waals surface area contributed by atoms with Crippen LogP contribution in [-0.4, -0.2) is 44.7 Å². The first-order chi connectivity index (χ1) is 10.4. The molecule has 0 heterocycles. The molecule has 7 nitrogen and oxygen atoms in total. The second kappa shape index (κ2) is 8.89. The Kier molecular flexibility index (Phi) is 7.18. The van der Waals surface area contributed by atoms with Gasteiger partial charge in [-0.3, -0.25) is 9.59 Å². The monoisotopic (exact) mass is 309 g/mol. The minimum atomic E-state index is -0.284. The van der Waals surface area contributed by atoms with Crippen molar-refractivity contribution in [3.8, 4) is 5.75 Å². The summed E-state index contributed by atoms with van der Waals surface area (Å²) in [4.78, 5) is 23.5. The first kappa shape index (κ1) is 17.8. The molecule has 0 bridgehead atoms. The van der Waals surface area contributed by atoms with E-state index in [2.05, 4.69) is 10.6 Å². The molecule has 0 saturated heterocycles. The molecule has 0 spiro atoms. The Morgan fingerprint density at radius 1 is 1.32 bits per heavy atom. The molecule has 2 amide bonds. The van der Waals surface area contributed by atoms with Crippen molar-refractivity contribution in [3.63, 3.8) is 0 Å². The van der Waals surface area contributed by atoms with Crippen LogP contribution in [0.4, 0.5) is 5.69 Å². The van der Waals surface area contributed by atoms with Crippen molar-refractivity contribution < 1.29 is 19.1 Å². The zero-order valence-corrected chi connectivity index (χ0v) is 13.1. The number of nitrogens with two attached hydrogens (primary N) is 1. The molecule has 1 rings (SSSR count). The molecule has 0 saturated carbocycles. The lowest BCUT2D eigenvalue weighted by atomic mass is 10.1. The van der Waals surface area contributed by atoms with Crippen LogP contribution in [0.15, 0.2) is 18.2 Å². The van der Waals surface area contributed by atoms with Gasteiger partial charge in [-0.2, -0.15) is 0 Å². The third kappa shape index (κ3) is 6.01. The van der Waals surface area contributed by atoms with E-state index in [4.69, 9.17) is 15.2 Å². The van der Waals surface area contributed by atoms with Crippen molar-refractivity contribution in [2.24, 2.45) is 0 Å². The third-order valence-corrected chi connectivity index (χ3v) is 2.68. The highest BCUT2D eigenvalue weighted by molar-refractivity contribution is 5.95. The summed E-state index contributed by atoms with van der Waals surface area (Å²) < 4.78 is 10.2. The molecule has 7 heteroatoms. The van der Waals surface area contributed by atoms with E-state index in [1.54, 1.807) is 19.2 Å². The van der Waals surface area contributed by atoms with E-state index >= 15 is 0 Å². The molecule has 4 N–H and O–H groups in total. The molecular weight excluding hydrogens is 286 g/mol. The largest absolute Gasteiger partial charge is 0.482 e. The van der Waals surface area contributed by atoms with Crippen molar-refractivity contribution in [2.45, 2.75) is 19.9 Å². The van der Waals surface area contributed by atoms with Gasteiger partial charge in [0, 0.05) is 25.3 Å². The fourth-order valence-electron chi connectivity index (χ4n) is 1.63. The van der Waals surface area contributed by atoms with Crippen molar-refractivity contribution in [3.05, 3.63) is 23.8 Å². The quantitative estimate of drug-likeness (QED) is 0.481. The molecule has 0 unspecified atom stereocenters. The number of hydrogen-bond donors (Lipinski definition) is 3. The maximum Gasteiger partial charge on any atom is 0.258 e. The van der Waals surface area contributed by atoms with Crippen LogP contribution >= 0.6 is 0 Å². The van der Waals surface area contributed by atoms with Gasteiger partial charge in [0.2, 0.25) is 0 Å². The van der Waals surface area contributed by atoms with Gasteiger partial charge in [-0.1, -0.05) is 0 Å². The van der Waals surface area contributed by atoms with Gasteiger partial charge in [-0.15, -0.1) is 0 Å². The summed E-state index contributed by atoms with van der Waals surface area (Å²) in [6, 6.07) is 4.74. The van der Waals surface area contributed by atoms with E-state index in [9.17, 15) is 9.59 Å². The van der Waals surface area contributed by atoms with Crippen LogP contribution in [-0.2, 0) is 9.53 Å². The first-order valence-corrected chi connectivity index (χ1v) is 7.03. The Bertz CT molecular complexity index is 518. The summed E-state index contributed by atoms with van der Waals surface area (Å²) in [5, 5.41) is 5.40. The van der Waals surface area contributed by atoms with Crippen molar-refractivity contribution in [1.82, 2.24) is 10.6 Å². The average Bonchev–Trinajstić information content (AvgIpc) is 2.46. The molecule has 0 atom stereocenters. The molecular formula is C15H23N3O4. The lowest BCUT2D eigenvalue weighted by molar-refractivity contribution is -0.123. The lowest BCUT2D eigenvalue weighted by Gasteiger charge is -2.12. The molecule has 0 aromatic heterocycles. The topological polar surface area (TPSA) is 103 Å². The number of carbonyl (C=O) groups is 2. The van der Waals surface area contributed by atoms with Gasteiger partial charge >= 0.3 is 0 Å². The SMILES string of the molecule is COCCNC(=O)COc1cc(C(=O)NC(C)C)ccc1N. The van der Waals surface area contributed by atoms with Crippen molar-refractivity contribution in [1.29, 1.82) is 0 Å². The second-order valence-corrected chi connectivity index (χ2v) is 5.01. The second-order valence-electron chi connectivity index (χ2n) is 5.01. The van der Waals surface area contributed by atoms with Gasteiger partial charge in [0.05, 0.1) is 12.3 Å². The summed E-state index contributed by atoms with van der Waals surface area (Å²) in [5.41, 5.74) is 6.59. The molecule has 0 aliphatic heterocycles. The predicted octanol–water partition coefficient (Wildman–Crippen LogP) is 0.548. The zero-order valence-electron chi connectivity index (χ0n) is 13.1. The number of nitrogens with one attached hydrogen (secondary N) is 2. The Hall–Kier alpha value is -2.28. The number of methoxy groups -OCH3 is 1. The molecule has 0 aliphatic carbocycles. The van der Waals surface area contributed by atoms with Crippen LogP contribution in [0.1, 0.15) is 24.2 Å². The zero-order chi connectivity index (χ0) is 16.5. The number of hydrogen-bond acceptors (Lipinski definition) is 5. The van der Waals surface area contributed by atoms with E-state index < -0.39 is 0 Å². The fraction of sp³-hybridized carbons (Fsp3) is 0.467. The molecule has 0 aliphatic rings. The first-order valence-electron chi connectivity index (χ1n) is 7.03. The molecule has 0 fully saturated rings. The van der Waals surface area contributed by atoms with Gasteiger partial charge in [-0.25, -0.2) is 0 Å². The Labute approximate surface area is 130 Å². The number of amides is 2. The van der Waals surface area contributed by atoms with Gasteiger partial charge < -0.3 is 25.8 Å². The van der Waals surface area contributed by atoms with Crippen LogP contribution in [0.2, 0.25) is 0 Å². The molecule has 1 aromatic carbocycles. The minimum Gasteiger partial charge on any atom is -0.482 e. The maximum atomic E-state index is 11.9. The predicted molar refractivity (Wildman–Crippen MR) is 83.8 cm³/mol. The Balaban J connectivity index is 2.62. The molecule has 1 aromatic rings. The van der Waals surface area contributed by atoms with E-state index in [0.717, 1.165) is 0 Å². The van der Waals surface area contributed by atoms with Gasteiger partial charge in [0.25, 0.3) is 11.8 Å². The van der Waals surface area contributed by atoms with Gasteiger partial charge in [0.15, 0.2) is 6.61 Å². The van der Waals surface area contributed by atoms with Crippen molar-refractivity contribution >= 4 is 17.5 Å². The van der Waals surface area contributed by atoms with Crippen LogP contribution < -0.4 is 21.1 Å². The Morgan fingerprint density at radius 3 is 2.68 bits per heavy atom. The van der Waals surface area contributed by atoms with E-state index in [1.807, 2.05) is 13.8 Å². The lowest BCUT2D eigenvalue weighted by Crippen LogP contribution is -2.32. The average molecular weight is 309 g/mol. The van der Waals surface area contributed by atoms with Gasteiger partial charge in [-0.05, 0) is 32.0 Å². The summed E-state index contributed by atoms with van der Waals surface area (Å²) in [6.45, 7) is 4.40. The summed E-state index contributed by atoms with van der Waals surface area (Å²) in [5.74, 6) is -0.198. The minimum absolute atomic E-state index is 0.0287. The summed E-state index contributed by atoms with van der Waals surface area (Å²) in [7, 11) is 1.55. The van der Waals surface area contributed by atoms with Gasteiger partial charge in [0.1, 0.15) is 5.75 Å². The molecule has 22 heavy (non-hydrogen) atoms. The number of rotatable bonds is 8. The van der Waals surface area contributed by atoms with Crippen LogP contribution in [0.25, 0.3) is 0 Å².